The molecule has 7 heteroatoms. The van der Waals surface area contributed by atoms with Crippen LogP contribution in [0.1, 0.15) is 12.8 Å². The molecule has 82 valence electrons. The SMILES string of the molecule is CS(=O)(=O)N1CCC(N)(C(=O)O)CC1. The standard InChI is InChI=1S/C7H14N2O4S/c1-14(12,13)9-4-2-7(8,3-5-9)6(10)11/h2-5,8H2,1H3,(H,10,11). The second-order valence-electron chi connectivity index (χ2n) is 3.62. The smallest absolute Gasteiger partial charge is 0.323 e. The molecule has 1 saturated heterocycles. The number of hydrogen-bond acceptors (Lipinski definition) is 4. The van der Waals surface area contributed by atoms with Crippen LogP contribution in [0.25, 0.3) is 0 Å². The van der Waals surface area contributed by atoms with Crippen molar-refractivity contribution in [2.24, 2.45) is 5.73 Å². The fraction of sp³-hybridized carbons (Fsp3) is 0.857. The number of carboxylic acids is 1. The zero-order valence-electron chi connectivity index (χ0n) is 7.93. The Bertz CT molecular complexity index is 330. The van der Waals surface area contributed by atoms with E-state index in [9.17, 15) is 13.2 Å². The van der Waals surface area contributed by atoms with Gasteiger partial charge >= 0.3 is 5.97 Å². The summed E-state index contributed by atoms with van der Waals surface area (Å²) in [6.45, 7) is 0.364. The third kappa shape index (κ3) is 2.23. The maximum atomic E-state index is 11.1. The molecule has 0 bridgehead atoms. The topological polar surface area (TPSA) is 101 Å². The highest BCUT2D eigenvalue weighted by atomic mass is 32.2. The van der Waals surface area contributed by atoms with Crippen molar-refractivity contribution >= 4 is 16.0 Å². The molecule has 1 heterocycles. The van der Waals surface area contributed by atoms with Crippen molar-refractivity contribution in [3.05, 3.63) is 0 Å². The first-order chi connectivity index (χ1) is 6.26. The summed E-state index contributed by atoms with van der Waals surface area (Å²) in [7, 11) is -3.22. The molecular weight excluding hydrogens is 208 g/mol. The van der Waals surface area contributed by atoms with Crippen molar-refractivity contribution in [3.63, 3.8) is 0 Å². The first-order valence-electron chi connectivity index (χ1n) is 4.23. The average Bonchev–Trinajstić information content (AvgIpc) is 2.03. The van der Waals surface area contributed by atoms with E-state index in [0.29, 0.717) is 0 Å². The van der Waals surface area contributed by atoms with Crippen LogP contribution in [-0.2, 0) is 14.8 Å². The minimum absolute atomic E-state index is 0.162. The monoisotopic (exact) mass is 222 g/mol. The Hall–Kier alpha value is -0.660. The Kier molecular flexibility index (Phi) is 2.84. The molecule has 1 aliphatic rings. The third-order valence-corrected chi connectivity index (χ3v) is 3.81. The Morgan fingerprint density at radius 1 is 1.43 bits per heavy atom. The van der Waals surface area contributed by atoms with Crippen molar-refractivity contribution in [3.8, 4) is 0 Å². The molecule has 0 aromatic rings. The third-order valence-electron chi connectivity index (χ3n) is 2.51. The lowest BCUT2D eigenvalue weighted by Gasteiger charge is -2.34. The molecule has 1 aliphatic heterocycles. The van der Waals surface area contributed by atoms with E-state index in [-0.39, 0.29) is 25.9 Å². The lowest BCUT2D eigenvalue weighted by molar-refractivity contribution is -0.144. The quantitative estimate of drug-likeness (QED) is 0.612. The molecule has 0 unspecified atom stereocenters. The highest BCUT2D eigenvalue weighted by Crippen LogP contribution is 2.21. The molecule has 0 radical (unpaired) electrons. The zero-order valence-corrected chi connectivity index (χ0v) is 8.75. The number of nitrogens with zero attached hydrogens (tertiary/aromatic N) is 1. The predicted molar refractivity (Wildman–Crippen MR) is 50.2 cm³/mol. The first kappa shape index (κ1) is 11.4. The molecule has 0 amide bonds. The molecule has 3 N–H and O–H groups in total. The lowest BCUT2D eigenvalue weighted by atomic mass is 9.90. The lowest BCUT2D eigenvalue weighted by Crippen LogP contribution is -2.56. The molecule has 1 fully saturated rings. The summed E-state index contributed by atoms with van der Waals surface area (Å²) >= 11 is 0. The molecule has 0 aromatic heterocycles. The van der Waals surface area contributed by atoms with Crippen LogP contribution in [0.15, 0.2) is 0 Å². The summed E-state index contributed by atoms with van der Waals surface area (Å²) < 4.78 is 23.5. The Labute approximate surface area is 82.7 Å². The highest BCUT2D eigenvalue weighted by Gasteiger charge is 2.39. The van der Waals surface area contributed by atoms with Gasteiger partial charge in [0, 0.05) is 13.1 Å². The first-order valence-corrected chi connectivity index (χ1v) is 6.08. The maximum Gasteiger partial charge on any atom is 0.323 e. The number of carboxylic acid groups (broad SMARTS) is 1. The normalized spacial score (nSPS) is 23.3. The number of hydrogen-bond donors (Lipinski definition) is 2. The van der Waals surface area contributed by atoms with E-state index in [2.05, 4.69) is 0 Å². The summed E-state index contributed by atoms with van der Waals surface area (Å²) in [6.07, 6.45) is 1.43. The minimum Gasteiger partial charge on any atom is -0.480 e. The van der Waals surface area contributed by atoms with Crippen molar-refractivity contribution < 1.29 is 18.3 Å². The molecule has 6 nitrogen and oxygen atoms in total. The van der Waals surface area contributed by atoms with E-state index in [1.54, 1.807) is 0 Å². The molecule has 0 spiro atoms. The fourth-order valence-corrected chi connectivity index (χ4v) is 2.28. The zero-order chi connectivity index (χ0) is 11.0. The van der Waals surface area contributed by atoms with E-state index in [1.807, 2.05) is 0 Å². The summed E-state index contributed by atoms with van der Waals surface area (Å²) in [5.74, 6) is -1.06. The number of piperidine rings is 1. The van der Waals surface area contributed by atoms with Gasteiger partial charge in [-0.2, -0.15) is 0 Å². The van der Waals surface area contributed by atoms with E-state index in [0.717, 1.165) is 6.26 Å². The van der Waals surface area contributed by atoms with Crippen LogP contribution in [0.5, 0.6) is 0 Å². The fourth-order valence-electron chi connectivity index (χ4n) is 1.43. The molecule has 0 saturated carbocycles. The Balaban J connectivity index is 2.68. The Morgan fingerprint density at radius 3 is 2.14 bits per heavy atom. The molecular formula is C7H14N2O4S. The number of rotatable bonds is 2. The highest BCUT2D eigenvalue weighted by molar-refractivity contribution is 7.88. The molecule has 0 aromatic carbocycles. The van der Waals surface area contributed by atoms with Crippen LogP contribution in [-0.4, -0.2) is 48.7 Å². The van der Waals surface area contributed by atoms with Gasteiger partial charge in [0.1, 0.15) is 5.54 Å². The van der Waals surface area contributed by atoms with E-state index in [1.165, 1.54) is 4.31 Å². The predicted octanol–water partition coefficient (Wildman–Crippen LogP) is -1.18. The van der Waals surface area contributed by atoms with Gasteiger partial charge in [0.2, 0.25) is 10.0 Å². The largest absolute Gasteiger partial charge is 0.480 e. The van der Waals surface area contributed by atoms with Crippen molar-refractivity contribution in [2.45, 2.75) is 18.4 Å². The molecule has 14 heavy (non-hydrogen) atoms. The van der Waals surface area contributed by atoms with Gasteiger partial charge in [-0.3, -0.25) is 4.79 Å². The number of sulfonamides is 1. The molecule has 0 atom stereocenters. The van der Waals surface area contributed by atoms with Crippen LogP contribution >= 0.6 is 0 Å². The van der Waals surface area contributed by atoms with Gasteiger partial charge in [-0.1, -0.05) is 0 Å². The summed E-state index contributed by atoms with van der Waals surface area (Å²) in [5, 5.41) is 8.79. The van der Waals surface area contributed by atoms with Gasteiger partial charge in [0.15, 0.2) is 0 Å². The summed E-state index contributed by atoms with van der Waals surface area (Å²) in [4.78, 5) is 10.7. The molecule has 1 rings (SSSR count). The minimum atomic E-state index is -3.22. The van der Waals surface area contributed by atoms with Crippen molar-refractivity contribution in [1.29, 1.82) is 0 Å². The molecule has 0 aliphatic carbocycles. The average molecular weight is 222 g/mol. The van der Waals surface area contributed by atoms with Crippen LogP contribution < -0.4 is 5.73 Å². The van der Waals surface area contributed by atoms with Gasteiger partial charge < -0.3 is 10.8 Å². The number of aliphatic carboxylic acids is 1. The second kappa shape index (κ2) is 3.48. The second-order valence-corrected chi connectivity index (χ2v) is 5.61. The van der Waals surface area contributed by atoms with Gasteiger partial charge in [-0.15, -0.1) is 0 Å². The summed E-state index contributed by atoms with van der Waals surface area (Å²) in [6, 6.07) is 0. The maximum absolute atomic E-state index is 11.1. The van der Waals surface area contributed by atoms with Crippen molar-refractivity contribution in [2.75, 3.05) is 19.3 Å². The van der Waals surface area contributed by atoms with E-state index in [4.69, 9.17) is 10.8 Å². The van der Waals surface area contributed by atoms with Crippen LogP contribution in [0.2, 0.25) is 0 Å². The van der Waals surface area contributed by atoms with Crippen LogP contribution in [0, 0.1) is 0 Å². The number of nitrogens with two attached hydrogens (primary N) is 1. The van der Waals surface area contributed by atoms with Crippen molar-refractivity contribution in [1.82, 2.24) is 4.31 Å². The van der Waals surface area contributed by atoms with Gasteiger partial charge in [0.25, 0.3) is 0 Å². The number of carbonyl (C=O) groups is 1. The van der Waals surface area contributed by atoms with Gasteiger partial charge in [-0.25, -0.2) is 12.7 Å². The Morgan fingerprint density at radius 2 is 1.86 bits per heavy atom. The van der Waals surface area contributed by atoms with Gasteiger partial charge in [0.05, 0.1) is 6.26 Å². The van der Waals surface area contributed by atoms with E-state index >= 15 is 0 Å². The van der Waals surface area contributed by atoms with Gasteiger partial charge in [-0.05, 0) is 12.8 Å². The summed E-state index contributed by atoms with van der Waals surface area (Å²) in [5.41, 5.74) is 4.32. The van der Waals surface area contributed by atoms with Crippen LogP contribution in [0.3, 0.4) is 0 Å². The van der Waals surface area contributed by atoms with E-state index < -0.39 is 21.5 Å². The van der Waals surface area contributed by atoms with Crippen LogP contribution in [0.4, 0.5) is 0 Å².